The Morgan fingerprint density at radius 3 is 1.30 bits per heavy atom. The predicted octanol–water partition coefficient (Wildman–Crippen LogP) is -2.63. The van der Waals surface area contributed by atoms with Gasteiger partial charge in [0.05, 0.1) is 23.5 Å². The van der Waals surface area contributed by atoms with E-state index >= 15 is 0 Å². The van der Waals surface area contributed by atoms with Crippen molar-refractivity contribution in [2.45, 2.75) is 57.9 Å². The van der Waals surface area contributed by atoms with Crippen molar-refractivity contribution in [3.05, 3.63) is 14.0 Å². The Morgan fingerprint density at radius 2 is 0.973 bits per heavy atom. The van der Waals surface area contributed by atoms with Gasteiger partial charge in [0.15, 0.2) is 0 Å². The lowest BCUT2D eigenvalue weighted by molar-refractivity contribution is -0.139. The number of carbonyl (C=O) groups excluding carboxylic acids is 6. The van der Waals surface area contributed by atoms with E-state index in [1.807, 2.05) is 0 Å². The van der Waals surface area contributed by atoms with Gasteiger partial charge in [-0.2, -0.15) is 0 Å². The number of nitrogens with zero attached hydrogens (tertiary/aromatic N) is 3. The van der Waals surface area contributed by atoms with E-state index in [0.717, 1.165) is 0 Å². The van der Waals surface area contributed by atoms with Crippen molar-refractivity contribution in [1.29, 1.82) is 0 Å². The summed E-state index contributed by atoms with van der Waals surface area (Å²) < 4.78 is 0. The van der Waals surface area contributed by atoms with Crippen LogP contribution in [0.2, 0.25) is 19.0 Å². The molecule has 0 aromatic rings. The van der Waals surface area contributed by atoms with E-state index in [-0.39, 0.29) is 51.7 Å². The van der Waals surface area contributed by atoms with Crippen molar-refractivity contribution in [3.8, 4) is 0 Å². The minimum Gasteiger partial charge on any atom is -0.353 e. The first-order chi connectivity index (χ1) is 17.4. The summed E-state index contributed by atoms with van der Waals surface area (Å²) >= 11 is 0. The summed E-state index contributed by atoms with van der Waals surface area (Å²) in [5, 5.41) is 7.44. The van der Waals surface area contributed by atoms with Crippen LogP contribution < -0.4 is 16.0 Å². The maximum Gasteiger partial charge on any atom is 0.242 e. The van der Waals surface area contributed by atoms with Gasteiger partial charge < -0.3 is 30.7 Å². The van der Waals surface area contributed by atoms with Crippen molar-refractivity contribution >= 4 is 59.0 Å². The van der Waals surface area contributed by atoms with Crippen LogP contribution in [-0.2, 0) is 28.8 Å². The number of hydrogen-bond donors (Lipinski definition) is 3. The molecule has 0 bridgehead atoms. The molecule has 0 aromatic carbocycles. The van der Waals surface area contributed by atoms with Crippen LogP contribution in [-0.4, -0.2) is 125 Å². The van der Waals surface area contributed by atoms with E-state index in [4.69, 9.17) is 23.5 Å². The second-order valence-electron chi connectivity index (χ2n) is 8.02. The first kappa shape index (κ1) is 34.0. The SMILES string of the molecule is [B]CC(=O)N(CCNC(=O)C(C)N(CCNC(=O)C(C)N(C[CH2])C(=O)C[B])C(=O)C[B])C(C)C(=O)N[CH2]. The molecule has 0 saturated carbocycles. The fraction of sp³-hybridized carbons (Fsp3) is 0.636. The van der Waals surface area contributed by atoms with E-state index in [2.05, 4.69) is 29.9 Å². The second-order valence-corrected chi connectivity index (χ2v) is 8.02. The molecule has 0 aliphatic carbocycles. The lowest BCUT2D eigenvalue weighted by atomic mass is 10.0. The summed E-state index contributed by atoms with van der Waals surface area (Å²) in [4.78, 5) is 77.0. The van der Waals surface area contributed by atoms with Gasteiger partial charge in [0.2, 0.25) is 35.4 Å². The van der Waals surface area contributed by atoms with Crippen molar-refractivity contribution in [2.24, 2.45) is 0 Å². The van der Waals surface area contributed by atoms with Crippen LogP contribution in [0.5, 0.6) is 0 Å². The number of nitrogens with one attached hydrogen (secondary N) is 3. The van der Waals surface area contributed by atoms with Crippen molar-refractivity contribution in [2.75, 3.05) is 32.7 Å². The Morgan fingerprint density at radius 1 is 0.649 bits per heavy atom. The molecule has 0 aromatic heterocycles. The van der Waals surface area contributed by atoms with Crippen LogP contribution in [0.1, 0.15) is 20.8 Å². The number of rotatable bonds is 16. The highest BCUT2D eigenvalue weighted by Crippen LogP contribution is 2.05. The van der Waals surface area contributed by atoms with E-state index in [9.17, 15) is 28.8 Å². The summed E-state index contributed by atoms with van der Waals surface area (Å²) in [7, 11) is 19.5. The molecule has 37 heavy (non-hydrogen) atoms. The number of amides is 6. The molecule has 15 heteroatoms. The minimum atomic E-state index is -0.959. The van der Waals surface area contributed by atoms with Crippen molar-refractivity contribution in [1.82, 2.24) is 30.7 Å². The van der Waals surface area contributed by atoms with E-state index < -0.39 is 53.6 Å². The van der Waals surface area contributed by atoms with Gasteiger partial charge in [0.25, 0.3) is 0 Å². The Bertz CT molecular complexity index is 818. The number of hydrogen-bond acceptors (Lipinski definition) is 6. The van der Waals surface area contributed by atoms with E-state index in [1.54, 1.807) is 0 Å². The monoisotopic (exact) mass is 512 g/mol. The minimum absolute atomic E-state index is 0.00777. The molecule has 0 aliphatic heterocycles. The lowest BCUT2D eigenvalue weighted by Crippen LogP contribution is -2.53. The van der Waals surface area contributed by atoms with Gasteiger partial charge in [0.1, 0.15) is 18.1 Å². The highest BCUT2D eigenvalue weighted by molar-refractivity contribution is 6.20. The largest absolute Gasteiger partial charge is 0.353 e. The average molecular weight is 512 g/mol. The molecule has 8 radical (unpaired) electrons. The van der Waals surface area contributed by atoms with Gasteiger partial charge in [-0.05, 0) is 46.7 Å². The highest BCUT2D eigenvalue weighted by Gasteiger charge is 2.28. The van der Waals surface area contributed by atoms with Crippen molar-refractivity contribution < 1.29 is 28.8 Å². The maximum atomic E-state index is 12.7. The zero-order valence-corrected chi connectivity index (χ0v) is 21.8. The van der Waals surface area contributed by atoms with Crippen LogP contribution in [0.25, 0.3) is 0 Å². The average Bonchev–Trinajstić information content (AvgIpc) is 2.91. The van der Waals surface area contributed by atoms with Gasteiger partial charge in [-0.1, -0.05) is 0 Å². The van der Waals surface area contributed by atoms with E-state index in [0.29, 0.717) is 0 Å². The summed E-state index contributed by atoms with van der Waals surface area (Å²) in [5.41, 5.74) is 0. The molecule has 12 nitrogen and oxygen atoms in total. The lowest BCUT2D eigenvalue weighted by Gasteiger charge is -2.31. The highest BCUT2D eigenvalue weighted by atomic mass is 16.2. The Labute approximate surface area is 223 Å². The molecule has 0 rings (SSSR count). The topological polar surface area (TPSA) is 148 Å². The van der Waals surface area contributed by atoms with Gasteiger partial charge in [0, 0.05) is 39.8 Å². The third kappa shape index (κ3) is 10.5. The summed E-state index contributed by atoms with van der Waals surface area (Å²) in [5.74, 6) is -2.96. The third-order valence-electron chi connectivity index (χ3n) is 5.74. The Balaban J connectivity index is 5.10. The predicted molar refractivity (Wildman–Crippen MR) is 140 cm³/mol. The van der Waals surface area contributed by atoms with Gasteiger partial charge in [-0.15, -0.1) is 0 Å². The summed E-state index contributed by atoms with van der Waals surface area (Å²) in [6.45, 7) is 8.11. The Hall–Kier alpha value is -2.99. The molecular weight excluding hydrogens is 477 g/mol. The van der Waals surface area contributed by atoms with Gasteiger partial charge in [-0.25, -0.2) is 0 Å². The summed E-state index contributed by atoms with van der Waals surface area (Å²) in [6, 6.07) is -2.65. The van der Waals surface area contributed by atoms with Crippen LogP contribution in [0.15, 0.2) is 0 Å². The zero-order chi connectivity index (χ0) is 28.7. The molecule has 0 heterocycles. The van der Waals surface area contributed by atoms with Gasteiger partial charge in [-0.3, -0.25) is 28.8 Å². The Kier molecular flexibility index (Phi) is 16.1. The van der Waals surface area contributed by atoms with Crippen molar-refractivity contribution in [3.63, 3.8) is 0 Å². The number of carbonyl (C=O) groups is 6. The third-order valence-corrected chi connectivity index (χ3v) is 5.74. The first-order valence-corrected chi connectivity index (χ1v) is 11.8. The molecule has 198 valence electrons. The van der Waals surface area contributed by atoms with Crippen LogP contribution in [0.4, 0.5) is 0 Å². The van der Waals surface area contributed by atoms with Crippen LogP contribution in [0.3, 0.4) is 0 Å². The maximum absolute atomic E-state index is 12.7. The fourth-order valence-electron chi connectivity index (χ4n) is 3.42. The normalized spacial score (nSPS) is 12.9. The first-order valence-electron chi connectivity index (χ1n) is 11.8. The standard InChI is InChI=1S/C22H35B3N6O6/c1-6-29(17(32)11-23)15(3)21(36)27-8-10-31(19(34)13-25)16(4)22(37)28-7-9-30(18(33)12-24)14(2)20(35)26-5/h14-16H,1,5-13H2,2-4H3,(H,26,35)(H,27,36)(H,28,37). The summed E-state index contributed by atoms with van der Waals surface area (Å²) in [6.07, 6.45) is -0.952. The fourth-order valence-corrected chi connectivity index (χ4v) is 3.42. The molecule has 0 aliphatic rings. The van der Waals surface area contributed by atoms with Gasteiger partial charge >= 0.3 is 0 Å². The molecule has 0 saturated heterocycles. The molecule has 3 unspecified atom stereocenters. The molecule has 0 fully saturated rings. The van der Waals surface area contributed by atoms with Crippen LogP contribution in [0, 0.1) is 14.0 Å². The molecule has 3 N–H and O–H groups in total. The molecule has 3 atom stereocenters. The second kappa shape index (κ2) is 17.5. The van der Waals surface area contributed by atoms with E-state index in [1.165, 1.54) is 35.5 Å². The van der Waals surface area contributed by atoms with Crippen LogP contribution >= 0.6 is 0 Å². The zero-order valence-electron chi connectivity index (χ0n) is 21.8. The smallest absolute Gasteiger partial charge is 0.242 e. The quantitative estimate of drug-likeness (QED) is 0.193. The molecular formula is C22H35B3N6O6. The molecule has 0 spiro atoms. The molecule has 6 amide bonds.